The van der Waals surface area contributed by atoms with Gasteiger partial charge in [-0.2, -0.15) is 0 Å². The zero-order valence-corrected chi connectivity index (χ0v) is 8.07. The summed E-state index contributed by atoms with van der Waals surface area (Å²) >= 11 is 0. The molecule has 14 heavy (non-hydrogen) atoms. The van der Waals surface area contributed by atoms with Gasteiger partial charge in [-0.15, -0.1) is 0 Å². The van der Waals surface area contributed by atoms with Gasteiger partial charge in [0.05, 0.1) is 17.4 Å². The maximum atomic E-state index is 4.94. The smallest absolute Gasteiger partial charge is 0.0931 e. The van der Waals surface area contributed by atoms with Gasteiger partial charge in [-0.25, -0.2) is 4.98 Å². The van der Waals surface area contributed by atoms with E-state index in [9.17, 15) is 0 Å². The quantitative estimate of drug-likeness (QED) is 0.692. The predicted molar refractivity (Wildman–Crippen MR) is 56.1 cm³/mol. The van der Waals surface area contributed by atoms with Crippen LogP contribution in [0, 0.1) is 0 Å². The van der Waals surface area contributed by atoms with Gasteiger partial charge in [-0.05, 0) is 25.0 Å². The molecule has 0 bridgehead atoms. The molecular weight excluding hydrogens is 176 g/mol. The average molecular weight is 190 g/mol. The molecule has 3 nitrogen and oxygen atoms in total. The van der Waals surface area contributed by atoms with Crippen LogP contribution in [0.3, 0.4) is 0 Å². The molecule has 0 spiro atoms. The van der Waals surface area contributed by atoms with Gasteiger partial charge in [-0.1, -0.05) is 12.1 Å². The Hall–Kier alpha value is -1.35. The Balaban J connectivity index is 0.000000128. The first-order chi connectivity index (χ1) is 6.97. The lowest BCUT2D eigenvalue weighted by Gasteiger charge is -1.81. The van der Waals surface area contributed by atoms with Gasteiger partial charge in [-0.3, -0.25) is 0 Å². The number of rotatable bonds is 0. The summed E-state index contributed by atoms with van der Waals surface area (Å²) in [6.07, 6.45) is 4.25. The number of aromatic nitrogens is 2. The van der Waals surface area contributed by atoms with Gasteiger partial charge < -0.3 is 9.72 Å². The summed E-state index contributed by atoms with van der Waals surface area (Å²) < 4.78 is 4.94. The van der Waals surface area contributed by atoms with Crippen LogP contribution in [-0.2, 0) is 4.74 Å². The molecule has 1 aromatic heterocycles. The molecule has 0 saturated carbocycles. The van der Waals surface area contributed by atoms with E-state index in [1.165, 1.54) is 12.8 Å². The van der Waals surface area contributed by atoms with Crippen LogP contribution < -0.4 is 0 Å². The third-order valence-corrected chi connectivity index (χ3v) is 2.16. The Labute approximate surface area is 83.1 Å². The second-order valence-corrected chi connectivity index (χ2v) is 3.24. The third kappa shape index (κ3) is 2.33. The van der Waals surface area contributed by atoms with Crippen molar-refractivity contribution in [2.24, 2.45) is 0 Å². The lowest BCUT2D eigenvalue weighted by molar-refractivity contribution is 0.198. The van der Waals surface area contributed by atoms with E-state index in [0.29, 0.717) is 0 Å². The van der Waals surface area contributed by atoms with Crippen molar-refractivity contribution in [1.29, 1.82) is 0 Å². The lowest BCUT2D eigenvalue weighted by Crippen LogP contribution is -1.74. The number of nitrogens with zero attached hydrogens (tertiary/aromatic N) is 1. The number of benzene rings is 1. The standard InChI is InChI=1S/C7H6N2.C4H8O/c1-2-4-7-6(3-1)8-5-9-7;1-2-4-5-3-1/h1-5H,(H,8,9);1-4H2. The fourth-order valence-electron chi connectivity index (χ4n) is 1.39. The normalized spacial score (nSPS) is 15.1. The summed E-state index contributed by atoms with van der Waals surface area (Å²) in [4.78, 5) is 7.07. The molecule has 0 unspecified atom stereocenters. The highest BCUT2D eigenvalue weighted by molar-refractivity contribution is 5.73. The van der Waals surface area contributed by atoms with Crippen LogP contribution >= 0.6 is 0 Å². The minimum atomic E-state index is 1.00. The number of H-pyrrole nitrogens is 1. The summed E-state index contributed by atoms with van der Waals surface area (Å²) in [5, 5.41) is 0. The predicted octanol–water partition coefficient (Wildman–Crippen LogP) is 2.36. The average Bonchev–Trinajstić information content (AvgIpc) is 2.92. The van der Waals surface area contributed by atoms with E-state index in [1.807, 2.05) is 24.3 Å². The van der Waals surface area contributed by atoms with Gasteiger partial charge in [0.15, 0.2) is 0 Å². The zero-order valence-electron chi connectivity index (χ0n) is 8.07. The molecule has 0 amide bonds. The first-order valence-corrected chi connectivity index (χ1v) is 4.93. The summed E-state index contributed by atoms with van der Waals surface area (Å²) in [5.41, 5.74) is 2.12. The van der Waals surface area contributed by atoms with Crippen LogP contribution in [-0.4, -0.2) is 23.2 Å². The Morgan fingerprint density at radius 1 is 1.14 bits per heavy atom. The van der Waals surface area contributed by atoms with Crippen LogP contribution in [0.5, 0.6) is 0 Å². The number of nitrogens with one attached hydrogen (secondary N) is 1. The molecule has 1 fully saturated rings. The van der Waals surface area contributed by atoms with Crippen molar-refractivity contribution in [2.45, 2.75) is 12.8 Å². The van der Waals surface area contributed by atoms with Crippen LogP contribution in [0.2, 0.25) is 0 Å². The second-order valence-electron chi connectivity index (χ2n) is 3.24. The Morgan fingerprint density at radius 2 is 1.93 bits per heavy atom. The Bertz CT molecular complexity index is 342. The van der Waals surface area contributed by atoms with Gasteiger partial charge in [0.1, 0.15) is 0 Å². The number of imidazole rings is 1. The third-order valence-electron chi connectivity index (χ3n) is 2.16. The van der Waals surface area contributed by atoms with E-state index in [-0.39, 0.29) is 0 Å². The molecule has 74 valence electrons. The van der Waals surface area contributed by atoms with Gasteiger partial charge in [0.2, 0.25) is 0 Å². The van der Waals surface area contributed by atoms with Crippen LogP contribution in [0.4, 0.5) is 0 Å². The van der Waals surface area contributed by atoms with Crippen molar-refractivity contribution in [3.8, 4) is 0 Å². The van der Waals surface area contributed by atoms with E-state index in [1.54, 1.807) is 6.33 Å². The van der Waals surface area contributed by atoms with Crippen molar-refractivity contribution >= 4 is 11.0 Å². The summed E-state index contributed by atoms with van der Waals surface area (Å²) in [7, 11) is 0. The molecule has 2 aromatic rings. The first-order valence-electron chi connectivity index (χ1n) is 4.93. The fraction of sp³-hybridized carbons (Fsp3) is 0.364. The highest BCUT2D eigenvalue weighted by Crippen LogP contribution is 2.05. The SMILES string of the molecule is C1CCOC1.c1ccc2[nH]cnc2c1. The summed E-state index contributed by atoms with van der Waals surface area (Å²) in [5.74, 6) is 0. The van der Waals surface area contributed by atoms with Crippen molar-refractivity contribution in [3.63, 3.8) is 0 Å². The number of hydrogen-bond acceptors (Lipinski definition) is 2. The number of aromatic amines is 1. The molecule has 1 aliphatic rings. The molecule has 1 aliphatic heterocycles. The Kier molecular flexibility index (Phi) is 3.14. The minimum absolute atomic E-state index is 1.00. The molecule has 1 saturated heterocycles. The molecule has 0 aliphatic carbocycles. The van der Waals surface area contributed by atoms with Gasteiger partial charge >= 0.3 is 0 Å². The number of ether oxygens (including phenoxy) is 1. The molecule has 2 heterocycles. The summed E-state index contributed by atoms with van der Waals surface area (Å²) in [6, 6.07) is 7.94. The van der Waals surface area contributed by atoms with E-state index in [2.05, 4.69) is 9.97 Å². The van der Waals surface area contributed by atoms with Gasteiger partial charge in [0, 0.05) is 13.2 Å². The van der Waals surface area contributed by atoms with Crippen molar-refractivity contribution in [3.05, 3.63) is 30.6 Å². The maximum Gasteiger partial charge on any atom is 0.0931 e. The highest BCUT2D eigenvalue weighted by atomic mass is 16.5. The number of hydrogen-bond donors (Lipinski definition) is 1. The summed E-state index contributed by atoms with van der Waals surface area (Å²) in [6.45, 7) is 2.00. The molecule has 1 aromatic carbocycles. The van der Waals surface area contributed by atoms with E-state index >= 15 is 0 Å². The molecule has 0 atom stereocenters. The minimum Gasteiger partial charge on any atom is -0.381 e. The maximum absolute atomic E-state index is 4.94. The van der Waals surface area contributed by atoms with E-state index in [0.717, 1.165) is 24.2 Å². The first kappa shape index (κ1) is 9.21. The topological polar surface area (TPSA) is 37.9 Å². The van der Waals surface area contributed by atoms with Crippen molar-refractivity contribution < 1.29 is 4.74 Å². The Morgan fingerprint density at radius 3 is 2.57 bits per heavy atom. The van der Waals surface area contributed by atoms with Crippen molar-refractivity contribution in [1.82, 2.24) is 9.97 Å². The van der Waals surface area contributed by atoms with Crippen molar-refractivity contribution in [2.75, 3.05) is 13.2 Å². The largest absolute Gasteiger partial charge is 0.381 e. The fourth-order valence-corrected chi connectivity index (χ4v) is 1.39. The van der Waals surface area contributed by atoms with Gasteiger partial charge in [0.25, 0.3) is 0 Å². The second kappa shape index (κ2) is 4.77. The monoisotopic (exact) mass is 190 g/mol. The molecule has 3 rings (SSSR count). The molecule has 0 radical (unpaired) electrons. The van der Waals surface area contributed by atoms with Crippen LogP contribution in [0.25, 0.3) is 11.0 Å². The zero-order chi connectivity index (χ0) is 9.64. The number of fused-ring (bicyclic) bond motifs is 1. The van der Waals surface area contributed by atoms with Crippen LogP contribution in [0.15, 0.2) is 30.6 Å². The molecule has 3 heteroatoms. The lowest BCUT2D eigenvalue weighted by atomic mass is 10.3. The van der Waals surface area contributed by atoms with E-state index < -0.39 is 0 Å². The molecular formula is C11H14N2O. The van der Waals surface area contributed by atoms with E-state index in [4.69, 9.17) is 4.74 Å². The highest BCUT2D eigenvalue weighted by Gasteiger charge is 1.94. The number of para-hydroxylation sites is 2. The molecule has 1 N–H and O–H groups in total. The van der Waals surface area contributed by atoms with Crippen LogP contribution in [0.1, 0.15) is 12.8 Å².